The quantitative estimate of drug-likeness (QED) is 0.462. The van der Waals surface area contributed by atoms with Gasteiger partial charge in [0.15, 0.2) is 0 Å². The van der Waals surface area contributed by atoms with Crippen molar-refractivity contribution in [1.29, 1.82) is 0 Å². The molecule has 4 rings (SSSR count). The van der Waals surface area contributed by atoms with Crippen molar-refractivity contribution < 1.29 is 5.11 Å². The van der Waals surface area contributed by atoms with Gasteiger partial charge in [0.25, 0.3) is 0 Å². The molecule has 7 unspecified atom stereocenters. The van der Waals surface area contributed by atoms with Gasteiger partial charge in [0.2, 0.25) is 0 Å². The molecule has 0 bridgehead atoms. The number of allylic oxidation sites excluding steroid dienone is 4. The van der Waals surface area contributed by atoms with Crippen molar-refractivity contribution in [2.45, 2.75) is 119 Å². The molecule has 7 atom stereocenters. The lowest BCUT2D eigenvalue weighted by Gasteiger charge is -2.58. The first-order valence-corrected chi connectivity index (χ1v) is 13.1. The van der Waals surface area contributed by atoms with Crippen LogP contribution >= 0.6 is 0 Å². The highest BCUT2D eigenvalue weighted by Gasteiger charge is 2.60. The Morgan fingerprint density at radius 1 is 1.03 bits per heavy atom. The van der Waals surface area contributed by atoms with Crippen LogP contribution in [0.4, 0.5) is 0 Å². The van der Waals surface area contributed by atoms with Crippen molar-refractivity contribution in [3.05, 3.63) is 22.8 Å². The number of hydrogen-bond donors (Lipinski definition) is 1. The fraction of sp³-hybridized carbons (Fsp3) is 0.862. The van der Waals surface area contributed by atoms with Crippen LogP contribution in [-0.2, 0) is 0 Å². The van der Waals surface area contributed by atoms with Crippen LogP contribution in [0.25, 0.3) is 0 Å². The molecule has 0 aromatic carbocycles. The van der Waals surface area contributed by atoms with Gasteiger partial charge in [-0.3, -0.25) is 0 Å². The molecule has 0 radical (unpaired) electrons. The lowest BCUT2D eigenvalue weighted by molar-refractivity contribution is -0.0627. The first kappa shape index (κ1) is 22.6. The summed E-state index contributed by atoms with van der Waals surface area (Å²) in [6.07, 6.45) is 15.3. The minimum Gasteiger partial charge on any atom is -0.393 e. The standard InChI is InChI=1S/C29H48O/c1-19(2)9-8-10-20(3)23-16-18-29(7)25-13-12-24-21(11-14-26(30)27(24,4)5)22(25)15-17-28(23,29)6/h9,20-21,23-24,26,30H,8,10-18H2,1-7H3. The van der Waals surface area contributed by atoms with Crippen molar-refractivity contribution in [1.82, 2.24) is 0 Å². The molecule has 0 aliphatic heterocycles. The number of fused-ring (bicyclic) bond motifs is 4. The fourth-order valence-corrected chi connectivity index (χ4v) is 8.87. The van der Waals surface area contributed by atoms with Gasteiger partial charge in [-0.05, 0) is 118 Å². The average molecular weight is 413 g/mol. The predicted octanol–water partition coefficient (Wildman–Crippen LogP) is 8.09. The summed E-state index contributed by atoms with van der Waals surface area (Å²) in [4.78, 5) is 0. The molecule has 1 N–H and O–H groups in total. The van der Waals surface area contributed by atoms with Crippen molar-refractivity contribution in [3.63, 3.8) is 0 Å². The van der Waals surface area contributed by atoms with E-state index in [1.165, 1.54) is 63.4 Å². The Balaban J connectivity index is 1.60. The van der Waals surface area contributed by atoms with E-state index < -0.39 is 0 Å². The Labute approximate surface area is 186 Å². The molecule has 0 saturated heterocycles. The van der Waals surface area contributed by atoms with E-state index in [1.807, 2.05) is 11.1 Å². The van der Waals surface area contributed by atoms with Gasteiger partial charge >= 0.3 is 0 Å². The van der Waals surface area contributed by atoms with Crippen molar-refractivity contribution >= 4 is 0 Å². The van der Waals surface area contributed by atoms with Crippen LogP contribution in [0.5, 0.6) is 0 Å². The number of aliphatic hydroxyl groups excluding tert-OH is 1. The highest BCUT2D eigenvalue weighted by Crippen LogP contribution is 2.70. The molecule has 1 heteroatoms. The van der Waals surface area contributed by atoms with E-state index in [0.717, 1.165) is 24.2 Å². The van der Waals surface area contributed by atoms with Gasteiger partial charge in [-0.1, -0.05) is 57.4 Å². The van der Waals surface area contributed by atoms with E-state index in [1.54, 1.807) is 0 Å². The summed E-state index contributed by atoms with van der Waals surface area (Å²) in [5.41, 5.74) is 6.21. The van der Waals surface area contributed by atoms with Crippen LogP contribution in [0.15, 0.2) is 22.8 Å². The summed E-state index contributed by atoms with van der Waals surface area (Å²) in [5.74, 6) is 3.15. The van der Waals surface area contributed by atoms with E-state index in [9.17, 15) is 5.11 Å². The van der Waals surface area contributed by atoms with E-state index in [0.29, 0.717) is 16.7 Å². The highest BCUT2D eigenvalue weighted by molar-refractivity contribution is 5.36. The second kappa shape index (κ2) is 7.79. The third-order valence-electron chi connectivity index (χ3n) is 11.1. The molecule has 0 spiro atoms. The molecule has 0 amide bonds. The number of rotatable bonds is 4. The summed E-state index contributed by atoms with van der Waals surface area (Å²) in [5, 5.41) is 10.7. The number of hydrogen-bond acceptors (Lipinski definition) is 1. The molecule has 2 fully saturated rings. The maximum absolute atomic E-state index is 10.7. The maximum Gasteiger partial charge on any atom is 0.0594 e. The van der Waals surface area contributed by atoms with E-state index in [-0.39, 0.29) is 11.5 Å². The Kier molecular flexibility index (Phi) is 5.87. The molecule has 0 aromatic heterocycles. The topological polar surface area (TPSA) is 20.2 Å². The maximum atomic E-state index is 10.7. The fourth-order valence-electron chi connectivity index (χ4n) is 8.87. The minimum absolute atomic E-state index is 0.0841. The summed E-state index contributed by atoms with van der Waals surface area (Å²) in [7, 11) is 0. The molecule has 4 aliphatic rings. The Morgan fingerprint density at radius 2 is 1.77 bits per heavy atom. The van der Waals surface area contributed by atoms with E-state index in [4.69, 9.17) is 0 Å². The van der Waals surface area contributed by atoms with Crippen LogP contribution in [0.3, 0.4) is 0 Å². The average Bonchev–Trinajstić information content (AvgIpc) is 2.96. The minimum atomic E-state index is -0.108. The lowest BCUT2D eigenvalue weighted by atomic mass is 9.47. The van der Waals surface area contributed by atoms with Crippen LogP contribution in [0.1, 0.15) is 113 Å². The Bertz CT molecular complexity index is 723. The van der Waals surface area contributed by atoms with Gasteiger partial charge in [0, 0.05) is 0 Å². The van der Waals surface area contributed by atoms with Gasteiger partial charge < -0.3 is 5.11 Å². The number of aliphatic hydroxyl groups is 1. The Hall–Kier alpha value is -0.560. The van der Waals surface area contributed by atoms with Gasteiger partial charge in [0.05, 0.1) is 6.10 Å². The first-order valence-electron chi connectivity index (χ1n) is 13.1. The summed E-state index contributed by atoms with van der Waals surface area (Å²) in [6, 6.07) is 0. The third-order valence-corrected chi connectivity index (χ3v) is 11.1. The normalized spacial score (nSPS) is 43.5. The zero-order valence-electron chi connectivity index (χ0n) is 21.0. The van der Waals surface area contributed by atoms with Crippen LogP contribution in [0, 0.1) is 39.9 Å². The molecule has 4 aliphatic carbocycles. The molecule has 170 valence electrons. The Morgan fingerprint density at radius 3 is 2.47 bits per heavy atom. The largest absolute Gasteiger partial charge is 0.393 e. The van der Waals surface area contributed by atoms with Crippen molar-refractivity contribution in [2.24, 2.45) is 39.9 Å². The second-order valence-electron chi connectivity index (χ2n) is 12.9. The monoisotopic (exact) mass is 412 g/mol. The predicted molar refractivity (Wildman–Crippen MR) is 128 cm³/mol. The SMILES string of the molecule is CC(C)=CCCC(C)C1CCC2(C)C3=C(CCC12C)C1CCC(O)C(C)(C)C1CC3. The molecule has 0 heterocycles. The molecule has 30 heavy (non-hydrogen) atoms. The van der Waals surface area contributed by atoms with Gasteiger partial charge in [-0.15, -0.1) is 0 Å². The molecule has 1 nitrogen and oxygen atoms in total. The van der Waals surface area contributed by atoms with E-state index >= 15 is 0 Å². The summed E-state index contributed by atoms with van der Waals surface area (Å²) in [6.45, 7) is 17.0. The third kappa shape index (κ3) is 3.28. The van der Waals surface area contributed by atoms with Crippen molar-refractivity contribution in [2.75, 3.05) is 0 Å². The highest BCUT2D eigenvalue weighted by atomic mass is 16.3. The van der Waals surface area contributed by atoms with Gasteiger partial charge in [-0.25, -0.2) is 0 Å². The first-order chi connectivity index (χ1) is 14.0. The zero-order chi connectivity index (χ0) is 21.9. The van der Waals surface area contributed by atoms with Crippen LogP contribution in [0.2, 0.25) is 0 Å². The smallest absolute Gasteiger partial charge is 0.0594 e. The second-order valence-corrected chi connectivity index (χ2v) is 12.9. The van der Waals surface area contributed by atoms with Gasteiger partial charge in [0.1, 0.15) is 0 Å². The van der Waals surface area contributed by atoms with E-state index in [2.05, 4.69) is 54.5 Å². The molecule has 2 saturated carbocycles. The molecule has 0 aromatic rings. The zero-order valence-corrected chi connectivity index (χ0v) is 21.0. The van der Waals surface area contributed by atoms with Crippen LogP contribution in [-0.4, -0.2) is 11.2 Å². The molecular formula is C29H48O. The van der Waals surface area contributed by atoms with Gasteiger partial charge in [-0.2, -0.15) is 0 Å². The van der Waals surface area contributed by atoms with Crippen LogP contribution < -0.4 is 0 Å². The molecular weight excluding hydrogens is 364 g/mol. The lowest BCUT2D eigenvalue weighted by Crippen LogP contribution is -2.50. The summed E-state index contributed by atoms with van der Waals surface area (Å²) < 4.78 is 0. The summed E-state index contributed by atoms with van der Waals surface area (Å²) >= 11 is 0. The van der Waals surface area contributed by atoms with Crippen molar-refractivity contribution in [3.8, 4) is 0 Å².